The molecule has 0 saturated heterocycles. The quantitative estimate of drug-likeness (QED) is 0.772. The first-order chi connectivity index (χ1) is 11.2. The van der Waals surface area contributed by atoms with Crippen molar-refractivity contribution in [2.45, 2.75) is 13.5 Å². The number of aryl methyl sites for hydroxylation is 1. The van der Waals surface area contributed by atoms with Crippen molar-refractivity contribution >= 4 is 5.95 Å². The van der Waals surface area contributed by atoms with Gasteiger partial charge in [-0.25, -0.2) is 9.97 Å². The van der Waals surface area contributed by atoms with Gasteiger partial charge >= 0.3 is 0 Å². The number of nitrogens with one attached hydrogen (secondary N) is 1. The lowest BCUT2D eigenvalue weighted by molar-refractivity contribution is 0.415. The largest absolute Gasteiger partial charge is 0.497 e. The number of rotatable bonds is 5. The van der Waals surface area contributed by atoms with Gasteiger partial charge in [-0.15, -0.1) is 0 Å². The highest BCUT2D eigenvalue weighted by Gasteiger charge is 2.01. The highest BCUT2D eigenvalue weighted by Crippen LogP contribution is 2.24. The molecule has 116 valence electrons. The summed E-state index contributed by atoms with van der Waals surface area (Å²) in [4.78, 5) is 8.48. The van der Waals surface area contributed by atoms with Crippen LogP contribution >= 0.6 is 0 Å². The number of anilines is 1. The number of hydrogen-bond donors (Lipinski definition) is 1. The Hall–Kier alpha value is -2.88. The molecule has 0 spiro atoms. The lowest BCUT2D eigenvalue weighted by Gasteiger charge is -2.07. The van der Waals surface area contributed by atoms with Crippen LogP contribution in [0.4, 0.5) is 5.95 Å². The second-order valence-corrected chi connectivity index (χ2v) is 5.37. The zero-order chi connectivity index (χ0) is 16.1. The average molecular weight is 305 g/mol. The van der Waals surface area contributed by atoms with E-state index in [0.29, 0.717) is 12.5 Å². The molecule has 0 aliphatic rings. The van der Waals surface area contributed by atoms with Crippen LogP contribution < -0.4 is 10.1 Å². The van der Waals surface area contributed by atoms with E-state index >= 15 is 0 Å². The van der Waals surface area contributed by atoms with Crippen LogP contribution in [0.2, 0.25) is 0 Å². The number of benzene rings is 2. The van der Waals surface area contributed by atoms with Crippen LogP contribution in [0.25, 0.3) is 11.1 Å². The third-order valence-electron chi connectivity index (χ3n) is 3.59. The molecule has 1 aromatic heterocycles. The maximum Gasteiger partial charge on any atom is 0.222 e. The minimum absolute atomic E-state index is 0.646. The van der Waals surface area contributed by atoms with E-state index in [1.54, 1.807) is 19.5 Å². The lowest BCUT2D eigenvalue weighted by atomic mass is 10.0. The Bertz CT molecular complexity index is 767. The summed E-state index contributed by atoms with van der Waals surface area (Å²) < 4.78 is 5.27. The molecule has 2 aromatic carbocycles. The van der Waals surface area contributed by atoms with Crippen LogP contribution in [0, 0.1) is 6.92 Å². The maximum atomic E-state index is 5.27. The van der Waals surface area contributed by atoms with Crippen molar-refractivity contribution in [2.24, 2.45) is 0 Å². The molecular weight excluding hydrogens is 286 g/mol. The van der Waals surface area contributed by atoms with E-state index in [9.17, 15) is 0 Å². The fourth-order valence-corrected chi connectivity index (χ4v) is 2.28. The zero-order valence-corrected chi connectivity index (χ0v) is 13.3. The van der Waals surface area contributed by atoms with Crippen LogP contribution in [-0.2, 0) is 6.54 Å². The third-order valence-corrected chi connectivity index (χ3v) is 3.59. The van der Waals surface area contributed by atoms with Crippen molar-refractivity contribution < 1.29 is 4.74 Å². The Morgan fingerprint density at radius 2 is 1.70 bits per heavy atom. The number of methoxy groups -OCH3 is 1. The second kappa shape index (κ2) is 6.92. The highest BCUT2D eigenvalue weighted by molar-refractivity contribution is 5.65. The van der Waals surface area contributed by atoms with E-state index in [-0.39, 0.29) is 0 Å². The first-order valence-electron chi connectivity index (χ1n) is 7.50. The summed E-state index contributed by atoms with van der Waals surface area (Å²) in [6, 6.07) is 16.5. The molecule has 1 N–H and O–H groups in total. The van der Waals surface area contributed by atoms with Crippen molar-refractivity contribution in [3.63, 3.8) is 0 Å². The van der Waals surface area contributed by atoms with Crippen molar-refractivity contribution in [3.05, 3.63) is 72.1 Å². The summed E-state index contributed by atoms with van der Waals surface area (Å²) in [6.07, 6.45) is 3.61. The molecule has 3 aromatic rings. The molecule has 0 unspecified atom stereocenters. The number of aromatic nitrogens is 2. The Labute approximate surface area is 136 Å². The molecule has 0 fully saturated rings. The van der Waals surface area contributed by atoms with Crippen molar-refractivity contribution in [3.8, 4) is 16.9 Å². The lowest BCUT2D eigenvalue weighted by Crippen LogP contribution is -2.03. The van der Waals surface area contributed by atoms with Crippen LogP contribution in [0.1, 0.15) is 11.1 Å². The van der Waals surface area contributed by atoms with Gasteiger partial charge in [0.15, 0.2) is 0 Å². The molecule has 0 radical (unpaired) electrons. The van der Waals surface area contributed by atoms with Gasteiger partial charge in [-0.05, 0) is 41.3 Å². The third kappa shape index (κ3) is 3.86. The number of nitrogens with zero attached hydrogens (tertiary/aromatic N) is 2. The number of ether oxygens (including phenoxy) is 1. The molecule has 0 amide bonds. The molecule has 4 nitrogen and oxygen atoms in total. The molecule has 4 heteroatoms. The fourth-order valence-electron chi connectivity index (χ4n) is 2.28. The Morgan fingerprint density at radius 1 is 0.957 bits per heavy atom. The summed E-state index contributed by atoms with van der Waals surface area (Å²) in [7, 11) is 1.68. The van der Waals surface area contributed by atoms with Crippen molar-refractivity contribution in [1.82, 2.24) is 9.97 Å². The molecule has 0 atom stereocenters. The van der Waals surface area contributed by atoms with E-state index in [2.05, 4.69) is 45.6 Å². The summed E-state index contributed by atoms with van der Waals surface area (Å²) in [5, 5.41) is 3.22. The van der Waals surface area contributed by atoms with Crippen LogP contribution in [-0.4, -0.2) is 17.1 Å². The highest BCUT2D eigenvalue weighted by atomic mass is 16.5. The topological polar surface area (TPSA) is 47.0 Å². The molecule has 1 heterocycles. The average Bonchev–Trinajstić information content (AvgIpc) is 2.62. The van der Waals surface area contributed by atoms with Crippen LogP contribution in [0.3, 0.4) is 0 Å². The predicted octanol–water partition coefficient (Wildman–Crippen LogP) is 4.07. The first-order valence-corrected chi connectivity index (χ1v) is 7.50. The van der Waals surface area contributed by atoms with Crippen molar-refractivity contribution in [2.75, 3.05) is 12.4 Å². The van der Waals surface area contributed by atoms with E-state index in [4.69, 9.17) is 4.74 Å². The monoisotopic (exact) mass is 305 g/mol. The summed E-state index contributed by atoms with van der Waals surface area (Å²) >= 11 is 0. The minimum atomic E-state index is 0.646. The summed E-state index contributed by atoms with van der Waals surface area (Å²) in [5.41, 5.74) is 4.55. The Morgan fingerprint density at radius 3 is 2.39 bits per heavy atom. The Balaban J connectivity index is 1.68. The van der Waals surface area contributed by atoms with Gasteiger partial charge in [0, 0.05) is 18.9 Å². The minimum Gasteiger partial charge on any atom is -0.497 e. The fraction of sp³-hybridized carbons (Fsp3) is 0.158. The molecule has 3 rings (SSSR count). The standard InChI is InChI=1S/C19H19N3O/c1-14-11-20-19(21-12-14)22-13-15-6-8-16(9-7-15)17-4-3-5-18(10-17)23-2/h3-12H,13H2,1-2H3,(H,20,21,22). The van der Waals surface area contributed by atoms with Gasteiger partial charge in [-0.3, -0.25) is 0 Å². The summed E-state index contributed by atoms with van der Waals surface area (Å²) in [6.45, 7) is 2.67. The molecule has 0 aliphatic heterocycles. The molecule has 23 heavy (non-hydrogen) atoms. The Kier molecular flexibility index (Phi) is 4.52. The van der Waals surface area contributed by atoms with Gasteiger partial charge in [0.25, 0.3) is 0 Å². The molecule has 0 aliphatic carbocycles. The van der Waals surface area contributed by atoms with Gasteiger partial charge in [0.1, 0.15) is 5.75 Å². The SMILES string of the molecule is COc1cccc(-c2ccc(CNc3ncc(C)cn3)cc2)c1. The summed E-state index contributed by atoms with van der Waals surface area (Å²) in [5.74, 6) is 1.51. The second-order valence-electron chi connectivity index (χ2n) is 5.37. The van der Waals surface area contributed by atoms with Gasteiger partial charge < -0.3 is 10.1 Å². The first kappa shape index (κ1) is 15.0. The smallest absolute Gasteiger partial charge is 0.222 e. The molecular formula is C19H19N3O. The van der Waals surface area contributed by atoms with Gasteiger partial charge in [0.2, 0.25) is 5.95 Å². The number of hydrogen-bond acceptors (Lipinski definition) is 4. The predicted molar refractivity (Wildman–Crippen MR) is 92.5 cm³/mol. The van der Waals surface area contributed by atoms with Crippen molar-refractivity contribution in [1.29, 1.82) is 0 Å². The van der Waals surface area contributed by atoms with E-state index < -0.39 is 0 Å². The van der Waals surface area contributed by atoms with Gasteiger partial charge in [0.05, 0.1) is 7.11 Å². The van der Waals surface area contributed by atoms with Gasteiger partial charge in [-0.1, -0.05) is 36.4 Å². The van der Waals surface area contributed by atoms with E-state index in [0.717, 1.165) is 16.9 Å². The van der Waals surface area contributed by atoms with E-state index in [1.807, 2.05) is 25.1 Å². The molecule has 0 saturated carbocycles. The normalized spacial score (nSPS) is 10.3. The van der Waals surface area contributed by atoms with Crippen LogP contribution in [0.15, 0.2) is 60.9 Å². The van der Waals surface area contributed by atoms with E-state index in [1.165, 1.54) is 11.1 Å². The maximum absolute atomic E-state index is 5.27. The zero-order valence-electron chi connectivity index (χ0n) is 13.3. The molecule has 0 bridgehead atoms. The van der Waals surface area contributed by atoms with Gasteiger partial charge in [-0.2, -0.15) is 0 Å². The van der Waals surface area contributed by atoms with Crippen LogP contribution in [0.5, 0.6) is 5.75 Å².